The summed E-state index contributed by atoms with van der Waals surface area (Å²) in [5.74, 6) is 0.627. The summed E-state index contributed by atoms with van der Waals surface area (Å²) in [6.07, 6.45) is -1.11. The van der Waals surface area contributed by atoms with E-state index in [1.54, 1.807) is 97.1 Å². The summed E-state index contributed by atoms with van der Waals surface area (Å²) in [5, 5.41) is 0. The highest BCUT2D eigenvalue weighted by Crippen LogP contribution is 2.43. The zero-order chi connectivity index (χ0) is 65.8. The molecule has 1 aliphatic rings. The first kappa shape index (κ1) is 68.2. The van der Waals surface area contributed by atoms with Crippen LogP contribution in [0.5, 0.6) is 23.0 Å². The van der Waals surface area contributed by atoms with Crippen LogP contribution in [0.25, 0.3) is 0 Å². The van der Waals surface area contributed by atoms with Gasteiger partial charge in [-0.05, 0) is 125 Å². The standard InChI is InChI=1S/C68H76N4O16S4/c1-45-9-17-57(18-10-45)69-89(73,74)61-37-49-33-51-39-62(90(75,76)70-58-19-11-46(2)12-20-58)41-53(66(51)86-30-26-82-6)35-55-43-64(92(79,80)72-60-23-15-48(4)16-24-60)44-56(68(55)88-32-28-84-8)36-54-42-63(91(77,78)71-59-21-13-47(3)14-22-59)40-52(67(54)87-31-27-83-7)34-50(38-61)65(49)85-29-25-81-5/h9-24,37-44,69-72H,25-36H2,1-8H3. The summed E-state index contributed by atoms with van der Waals surface area (Å²) in [6.45, 7) is 7.50. The maximum absolute atomic E-state index is 15.1. The summed E-state index contributed by atoms with van der Waals surface area (Å²) in [5.41, 5.74) is 6.43. The largest absolute Gasteiger partial charge is 0.491 e. The van der Waals surface area contributed by atoms with Crippen LogP contribution in [0.15, 0.2) is 165 Å². The third-order valence-corrected chi connectivity index (χ3v) is 20.4. The van der Waals surface area contributed by atoms with Gasteiger partial charge in [0.05, 0.1) is 46.0 Å². The van der Waals surface area contributed by atoms with Gasteiger partial charge < -0.3 is 37.9 Å². The third kappa shape index (κ3) is 17.3. The van der Waals surface area contributed by atoms with Crippen LogP contribution >= 0.6 is 0 Å². The Morgan fingerprint density at radius 3 is 0.587 bits per heavy atom. The molecule has 8 aromatic carbocycles. The minimum absolute atomic E-state index is 0.0661. The van der Waals surface area contributed by atoms with Crippen LogP contribution in [-0.4, -0.2) is 115 Å². The van der Waals surface area contributed by atoms with E-state index in [4.69, 9.17) is 37.9 Å². The lowest BCUT2D eigenvalue weighted by Gasteiger charge is -2.25. The Kier molecular flexibility index (Phi) is 22.3. The molecule has 0 heterocycles. The summed E-state index contributed by atoms with van der Waals surface area (Å²) < 4.78 is 181. The molecular weight excluding hydrogens is 1260 g/mol. The van der Waals surface area contributed by atoms with E-state index < -0.39 is 40.1 Å². The van der Waals surface area contributed by atoms with Crippen molar-refractivity contribution in [3.63, 3.8) is 0 Å². The van der Waals surface area contributed by atoms with Crippen LogP contribution in [0.4, 0.5) is 22.7 Å². The molecule has 20 nitrogen and oxygen atoms in total. The fourth-order valence-electron chi connectivity index (χ4n) is 10.4. The number of hydrogen-bond acceptors (Lipinski definition) is 16. The van der Waals surface area contributed by atoms with Crippen molar-refractivity contribution in [2.45, 2.75) is 73.0 Å². The number of nitrogens with one attached hydrogen (secondary N) is 4. The minimum Gasteiger partial charge on any atom is -0.491 e. The van der Waals surface area contributed by atoms with Crippen LogP contribution in [0.3, 0.4) is 0 Å². The molecule has 4 N–H and O–H groups in total. The van der Waals surface area contributed by atoms with E-state index in [9.17, 15) is 0 Å². The third-order valence-electron chi connectivity index (χ3n) is 15.0. The van der Waals surface area contributed by atoms with E-state index in [1.807, 2.05) is 27.7 Å². The van der Waals surface area contributed by atoms with E-state index in [0.717, 1.165) is 22.3 Å². The number of aryl methyl sites for hydroxylation is 4. The fraction of sp³-hybridized carbons (Fsp3) is 0.294. The average Bonchev–Trinajstić information content (AvgIpc) is 0.775. The van der Waals surface area contributed by atoms with E-state index in [2.05, 4.69) is 18.9 Å². The van der Waals surface area contributed by atoms with Gasteiger partial charge in [0, 0.05) is 121 Å². The van der Waals surface area contributed by atoms with Crippen molar-refractivity contribution in [3.05, 3.63) is 212 Å². The van der Waals surface area contributed by atoms with E-state index >= 15 is 33.7 Å². The predicted octanol–water partition coefficient (Wildman–Crippen LogP) is 10.9. The van der Waals surface area contributed by atoms with E-state index in [0.29, 0.717) is 0 Å². The molecule has 24 heteroatoms. The predicted molar refractivity (Wildman–Crippen MR) is 354 cm³/mol. The van der Waals surface area contributed by atoms with Crippen molar-refractivity contribution >= 4 is 62.8 Å². The van der Waals surface area contributed by atoms with Crippen LogP contribution in [0, 0.1) is 27.7 Å². The molecule has 0 spiro atoms. The first-order valence-electron chi connectivity index (χ1n) is 29.5. The number of hydrogen-bond donors (Lipinski definition) is 4. The Balaban J connectivity index is 1.42. The Morgan fingerprint density at radius 2 is 0.435 bits per heavy atom. The SMILES string of the molecule is COCCOc1c2cc(S(=O)(=O)Nc3ccc(C)cc3)cc1Cc1cc(S(=O)(=O)Nc3ccc(C)cc3)cc(c1OCCOC)Cc1cc(S(=O)(=O)Nc3ccc(C)cc3)cc(c1OCCOC)Cc1cc(S(=O)(=O)Nc3ccc(C)cc3)cc(c1OCCOC)C2. The first-order chi connectivity index (χ1) is 44.0. The molecule has 1 aliphatic carbocycles. The van der Waals surface area contributed by atoms with Gasteiger partial charge in [-0.25, -0.2) is 33.7 Å². The van der Waals surface area contributed by atoms with Crippen LogP contribution in [0.1, 0.15) is 66.8 Å². The van der Waals surface area contributed by atoms with Gasteiger partial charge >= 0.3 is 0 Å². The smallest absolute Gasteiger partial charge is 0.261 e. The molecule has 9 rings (SSSR count). The molecule has 488 valence electrons. The number of rotatable bonds is 28. The second-order valence-corrected chi connectivity index (χ2v) is 29.0. The molecule has 92 heavy (non-hydrogen) atoms. The Morgan fingerprint density at radius 1 is 0.272 bits per heavy atom. The van der Waals surface area contributed by atoms with Crippen LogP contribution < -0.4 is 37.8 Å². The number of methoxy groups -OCH3 is 4. The van der Waals surface area contributed by atoms with Gasteiger partial charge in [0.1, 0.15) is 49.4 Å². The van der Waals surface area contributed by atoms with Gasteiger partial charge in [0.25, 0.3) is 40.1 Å². The van der Waals surface area contributed by atoms with Gasteiger partial charge in [0.2, 0.25) is 0 Å². The topological polar surface area (TPSA) is 259 Å². The second-order valence-electron chi connectivity index (χ2n) is 22.2. The van der Waals surface area contributed by atoms with E-state index in [-0.39, 0.29) is 188 Å². The molecule has 8 bridgehead atoms. The van der Waals surface area contributed by atoms with Crippen molar-refractivity contribution in [2.24, 2.45) is 0 Å². The first-order valence-corrected chi connectivity index (χ1v) is 35.4. The number of anilines is 4. The maximum Gasteiger partial charge on any atom is 0.261 e. The van der Waals surface area contributed by atoms with Gasteiger partial charge in [0.15, 0.2) is 0 Å². The van der Waals surface area contributed by atoms with Gasteiger partial charge in [-0.15, -0.1) is 0 Å². The van der Waals surface area contributed by atoms with Gasteiger partial charge in [-0.1, -0.05) is 70.8 Å². The average molecular weight is 1330 g/mol. The van der Waals surface area contributed by atoms with Crippen LogP contribution in [0.2, 0.25) is 0 Å². The molecule has 0 radical (unpaired) electrons. The van der Waals surface area contributed by atoms with Crippen molar-refractivity contribution in [1.29, 1.82) is 0 Å². The molecule has 8 aromatic rings. The molecule has 0 atom stereocenters. The Bertz CT molecular complexity index is 3720. The Hall–Kier alpha value is -8.20. The van der Waals surface area contributed by atoms with Crippen molar-refractivity contribution in [2.75, 3.05) is 100 Å². The highest BCUT2D eigenvalue weighted by molar-refractivity contribution is 7.93. The zero-order valence-electron chi connectivity index (χ0n) is 52.5. The van der Waals surface area contributed by atoms with Crippen LogP contribution in [-0.2, 0) is 84.7 Å². The lowest BCUT2D eigenvalue weighted by molar-refractivity contribution is 0.144. The normalized spacial score (nSPS) is 12.6. The number of ether oxygens (including phenoxy) is 8. The van der Waals surface area contributed by atoms with E-state index in [1.165, 1.54) is 77.0 Å². The molecule has 0 saturated carbocycles. The summed E-state index contributed by atoms with van der Waals surface area (Å²) in [4.78, 5) is -0.934. The lowest BCUT2D eigenvalue weighted by atomic mass is 9.91. The molecule has 0 amide bonds. The molecule has 0 unspecified atom stereocenters. The van der Waals surface area contributed by atoms with Gasteiger partial charge in [-0.2, -0.15) is 0 Å². The van der Waals surface area contributed by atoms with Crippen molar-refractivity contribution in [1.82, 2.24) is 0 Å². The highest BCUT2D eigenvalue weighted by atomic mass is 32.2. The highest BCUT2D eigenvalue weighted by Gasteiger charge is 2.31. The molecule has 0 aliphatic heterocycles. The maximum atomic E-state index is 15.1. The summed E-state index contributed by atoms with van der Waals surface area (Å²) in [6, 6.07) is 38.6. The number of fused-ring (bicyclic) bond motifs is 8. The molecule has 0 fully saturated rings. The Labute approximate surface area is 539 Å². The monoisotopic (exact) mass is 1330 g/mol. The number of sulfonamides is 4. The second kappa shape index (κ2) is 30.0. The minimum atomic E-state index is -4.51. The number of benzene rings is 8. The summed E-state index contributed by atoms with van der Waals surface area (Å²) >= 11 is 0. The fourth-order valence-corrected chi connectivity index (χ4v) is 15.0. The summed E-state index contributed by atoms with van der Waals surface area (Å²) in [7, 11) is -12.1. The zero-order valence-corrected chi connectivity index (χ0v) is 55.8. The molecular formula is C68H76N4O16S4. The van der Waals surface area contributed by atoms with Crippen molar-refractivity contribution in [3.8, 4) is 23.0 Å². The molecule has 0 saturated heterocycles. The van der Waals surface area contributed by atoms with Crippen molar-refractivity contribution < 1.29 is 71.6 Å². The molecule has 0 aromatic heterocycles. The lowest BCUT2D eigenvalue weighted by Crippen LogP contribution is -2.18. The quantitative estimate of drug-likeness (QED) is 0.0332. The van der Waals surface area contributed by atoms with Gasteiger partial charge in [-0.3, -0.25) is 18.9 Å².